The molecule has 0 spiro atoms. The lowest BCUT2D eigenvalue weighted by Crippen LogP contribution is -2.24. The summed E-state index contributed by atoms with van der Waals surface area (Å²) in [5, 5.41) is 0.150. The molecule has 0 N–H and O–H groups in total. The third-order valence-corrected chi connectivity index (χ3v) is 2.34. The summed E-state index contributed by atoms with van der Waals surface area (Å²) in [6, 6.07) is 0.255. The van der Waals surface area contributed by atoms with E-state index in [1.165, 1.54) is 0 Å². The second-order valence-electron chi connectivity index (χ2n) is 3.24. The minimum absolute atomic E-state index is 0.150. The largest absolute Gasteiger partial charge is 0.459 e. The van der Waals surface area contributed by atoms with Gasteiger partial charge in [0, 0.05) is 13.1 Å². The molecule has 5 nitrogen and oxygen atoms in total. The smallest absolute Gasteiger partial charge is 0.322 e. The van der Waals surface area contributed by atoms with Crippen molar-refractivity contribution in [2.75, 3.05) is 24.6 Å². The zero-order chi connectivity index (χ0) is 12.7. The van der Waals surface area contributed by atoms with Crippen LogP contribution in [0.4, 0.5) is 5.95 Å². The first-order valence-electron chi connectivity index (χ1n) is 5.61. The Hall–Kier alpha value is -1.36. The molecule has 0 aliphatic rings. The Kier molecular flexibility index (Phi) is 5.69. The van der Waals surface area contributed by atoms with Gasteiger partial charge in [-0.1, -0.05) is 12.2 Å². The Bertz CT molecular complexity index is 380. The maximum absolute atomic E-state index is 5.83. The molecule has 0 aliphatic heterocycles. The highest BCUT2D eigenvalue weighted by atomic mass is 35.5. The van der Waals surface area contributed by atoms with Crippen LogP contribution in [-0.4, -0.2) is 34.6 Å². The molecule has 0 unspecified atom stereocenters. The van der Waals surface area contributed by atoms with E-state index in [0.29, 0.717) is 12.6 Å². The van der Waals surface area contributed by atoms with Crippen LogP contribution in [0, 0.1) is 0 Å². The molecule has 0 amide bonds. The molecule has 0 atom stereocenters. The molecule has 1 aromatic rings. The van der Waals surface area contributed by atoms with Crippen molar-refractivity contribution in [1.29, 1.82) is 0 Å². The third-order valence-electron chi connectivity index (χ3n) is 2.17. The molecule has 0 aromatic carbocycles. The maximum atomic E-state index is 5.83. The number of hydrogen-bond donors (Lipinski definition) is 0. The molecule has 94 valence electrons. The molecule has 17 heavy (non-hydrogen) atoms. The summed E-state index contributed by atoms with van der Waals surface area (Å²) in [6.45, 7) is 8.03. The maximum Gasteiger partial charge on any atom is 0.322 e. The zero-order valence-electron chi connectivity index (χ0n) is 10.4. The third kappa shape index (κ3) is 4.19. The quantitative estimate of drug-likeness (QED) is 0.731. The van der Waals surface area contributed by atoms with Gasteiger partial charge in [0.15, 0.2) is 0 Å². The molecular formula is C11H17ClN4O. The lowest BCUT2D eigenvalue weighted by Gasteiger charge is -2.18. The summed E-state index contributed by atoms with van der Waals surface area (Å²) in [7, 11) is 0. The molecule has 0 saturated heterocycles. The molecule has 0 radical (unpaired) electrons. The van der Waals surface area contributed by atoms with E-state index in [9.17, 15) is 0 Å². The van der Waals surface area contributed by atoms with E-state index in [0.717, 1.165) is 13.1 Å². The van der Waals surface area contributed by atoms with Crippen molar-refractivity contribution < 1.29 is 4.74 Å². The Balaban J connectivity index is 2.85. The minimum atomic E-state index is 0.150. The summed E-state index contributed by atoms with van der Waals surface area (Å²) >= 11 is 5.83. The first kappa shape index (κ1) is 13.7. The second-order valence-corrected chi connectivity index (χ2v) is 3.58. The highest BCUT2D eigenvalue weighted by molar-refractivity contribution is 6.28. The summed E-state index contributed by atoms with van der Waals surface area (Å²) < 4.78 is 5.35. The summed E-state index contributed by atoms with van der Waals surface area (Å²) in [4.78, 5) is 14.2. The van der Waals surface area contributed by atoms with Gasteiger partial charge in [0.2, 0.25) is 11.2 Å². The molecule has 1 heterocycles. The Morgan fingerprint density at radius 3 is 2.53 bits per heavy atom. The average Bonchev–Trinajstić information content (AvgIpc) is 2.30. The monoisotopic (exact) mass is 256 g/mol. The van der Waals surface area contributed by atoms with Crippen molar-refractivity contribution in [1.82, 2.24) is 15.0 Å². The van der Waals surface area contributed by atoms with Gasteiger partial charge in [0.05, 0.1) is 0 Å². The van der Waals surface area contributed by atoms with Crippen LogP contribution in [0.1, 0.15) is 20.8 Å². The Morgan fingerprint density at radius 1 is 1.24 bits per heavy atom. The van der Waals surface area contributed by atoms with Gasteiger partial charge < -0.3 is 9.64 Å². The fourth-order valence-corrected chi connectivity index (χ4v) is 1.40. The van der Waals surface area contributed by atoms with Gasteiger partial charge in [-0.3, -0.25) is 0 Å². The zero-order valence-corrected chi connectivity index (χ0v) is 11.1. The van der Waals surface area contributed by atoms with Gasteiger partial charge >= 0.3 is 6.01 Å². The number of rotatable bonds is 6. The number of hydrogen-bond acceptors (Lipinski definition) is 5. The summed E-state index contributed by atoms with van der Waals surface area (Å²) in [5.41, 5.74) is 0. The van der Waals surface area contributed by atoms with E-state index >= 15 is 0 Å². The molecular weight excluding hydrogens is 240 g/mol. The van der Waals surface area contributed by atoms with Crippen molar-refractivity contribution in [3.8, 4) is 6.01 Å². The number of halogens is 1. The number of anilines is 1. The van der Waals surface area contributed by atoms with Crippen molar-refractivity contribution in [3.63, 3.8) is 0 Å². The number of ether oxygens (including phenoxy) is 1. The van der Waals surface area contributed by atoms with E-state index in [4.69, 9.17) is 16.3 Å². The number of allylic oxidation sites excluding steroid dienone is 1. The number of nitrogens with zero attached hydrogens (tertiary/aromatic N) is 4. The molecule has 0 bridgehead atoms. The average molecular weight is 257 g/mol. The van der Waals surface area contributed by atoms with Crippen molar-refractivity contribution in [2.24, 2.45) is 0 Å². The SMILES string of the molecule is CC=CCOc1nc(Cl)nc(N(CC)CC)n1. The topological polar surface area (TPSA) is 51.1 Å². The van der Waals surface area contributed by atoms with Crippen molar-refractivity contribution in [2.45, 2.75) is 20.8 Å². The van der Waals surface area contributed by atoms with Gasteiger partial charge in [-0.2, -0.15) is 15.0 Å². The van der Waals surface area contributed by atoms with Gasteiger partial charge in [-0.25, -0.2) is 0 Å². The summed E-state index contributed by atoms with van der Waals surface area (Å²) in [5.74, 6) is 0.547. The standard InChI is InChI=1S/C11H17ClN4O/c1-4-7-8-17-11-14-9(12)13-10(15-11)16(5-2)6-3/h4,7H,5-6,8H2,1-3H3. The molecule has 0 saturated carbocycles. The highest BCUT2D eigenvalue weighted by Gasteiger charge is 2.10. The first-order valence-corrected chi connectivity index (χ1v) is 5.99. The second kappa shape index (κ2) is 7.06. The minimum Gasteiger partial charge on any atom is -0.459 e. The molecule has 0 aliphatic carbocycles. The molecule has 1 rings (SSSR count). The van der Waals surface area contributed by atoms with Crippen molar-refractivity contribution >= 4 is 17.5 Å². The van der Waals surface area contributed by atoms with Crippen LogP contribution < -0.4 is 9.64 Å². The van der Waals surface area contributed by atoms with Crippen molar-refractivity contribution in [3.05, 3.63) is 17.4 Å². The van der Waals surface area contributed by atoms with Crippen LogP contribution in [0.2, 0.25) is 5.28 Å². The van der Waals surface area contributed by atoms with Crippen LogP contribution in [0.25, 0.3) is 0 Å². The predicted octanol–water partition coefficient (Wildman–Crippen LogP) is 2.33. The van der Waals surface area contributed by atoms with E-state index in [1.54, 1.807) is 0 Å². The lowest BCUT2D eigenvalue weighted by molar-refractivity contribution is 0.331. The Labute approximate surface area is 106 Å². The van der Waals surface area contributed by atoms with E-state index < -0.39 is 0 Å². The molecule has 1 aromatic heterocycles. The van der Waals surface area contributed by atoms with E-state index in [-0.39, 0.29) is 11.3 Å². The fraction of sp³-hybridized carbons (Fsp3) is 0.545. The van der Waals surface area contributed by atoms with Gasteiger partial charge in [0.1, 0.15) is 6.61 Å². The number of aromatic nitrogens is 3. The van der Waals surface area contributed by atoms with Crippen LogP contribution in [0.3, 0.4) is 0 Å². The lowest BCUT2D eigenvalue weighted by atomic mass is 10.5. The van der Waals surface area contributed by atoms with Crippen LogP contribution in [0.5, 0.6) is 6.01 Å². The van der Waals surface area contributed by atoms with Gasteiger partial charge in [0.25, 0.3) is 0 Å². The Morgan fingerprint density at radius 2 is 1.94 bits per heavy atom. The van der Waals surface area contributed by atoms with E-state index in [1.807, 2.05) is 37.8 Å². The molecule has 6 heteroatoms. The first-order chi connectivity index (χ1) is 8.21. The molecule has 0 fully saturated rings. The normalized spacial score (nSPS) is 10.8. The highest BCUT2D eigenvalue weighted by Crippen LogP contribution is 2.14. The van der Waals surface area contributed by atoms with Crippen LogP contribution in [-0.2, 0) is 0 Å². The van der Waals surface area contributed by atoms with E-state index in [2.05, 4.69) is 15.0 Å². The summed E-state index contributed by atoms with van der Waals surface area (Å²) in [6.07, 6.45) is 3.77. The van der Waals surface area contributed by atoms with Gasteiger partial charge in [-0.05, 0) is 32.4 Å². The fourth-order valence-electron chi connectivity index (χ4n) is 1.25. The van der Waals surface area contributed by atoms with Gasteiger partial charge in [-0.15, -0.1) is 0 Å². The van der Waals surface area contributed by atoms with Crippen LogP contribution in [0.15, 0.2) is 12.2 Å². The van der Waals surface area contributed by atoms with Crippen LogP contribution >= 0.6 is 11.6 Å². The predicted molar refractivity (Wildman–Crippen MR) is 68.7 cm³/mol.